The van der Waals surface area contributed by atoms with Gasteiger partial charge < -0.3 is 10.1 Å². The van der Waals surface area contributed by atoms with E-state index in [1.165, 1.54) is 18.4 Å². The van der Waals surface area contributed by atoms with Crippen molar-refractivity contribution < 1.29 is 4.74 Å². The minimum Gasteiger partial charge on any atom is -0.497 e. The Morgan fingerprint density at radius 2 is 1.83 bits per heavy atom. The van der Waals surface area contributed by atoms with Gasteiger partial charge in [0.15, 0.2) is 0 Å². The Hall–Kier alpha value is -1.02. The molecule has 1 N–H and O–H groups in total. The molecule has 18 heavy (non-hydrogen) atoms. The molecule has 0 aliphatic heterocycles. The van der Waals surface area contributed by atoms with E-state index < -0.39 is 0 Å². The first-order chi connectivity index (χ1) is 8.65. The molecule has 0 saturated heterocycles. The Morgan fingerprint density at radius 3 is 2.39 bits per heavy atom. The van der Waals surface area contributed by atoms with Crippen molar-refractivity contribution in [2.45, 2.75) is 46.1 Å². The van der Waals surface area contributed by atoms with Gasteiger partial charge in [0.1, 0.15) is 5.75 Å². The van der Waals surface area contributed by atoms with Gasteiger partial charge in [0.2, 0.25) is 0 Å². The highest BCUT2D eigenvalue weighted by atomic mass is 16.5. The van der Waals surface area contributed by atoms with Crippen LogP contribution in [-0.4, -0.2) is 19.7 Å². The van der Waals surface area contributed by atoms with Gasteiger partial charge in [0.05, 0.1) is 7.11 Å². The summed E-state index contributed by atoms with van der Waals surface area (Å²) < 4.78 is 5.16. The van der Waals surface area contributed by atoms with Crippen LogP contribution in [0.15, 0.2) is 24.3 Å². The Labute approximate surface area is 112 Å². The van der Waals surface area contributed by atoms with Gasteiger partial charge >= 0.3 is 0 Å². The first kappa shape index (κ1) is 15.0. The molecule has 0 saturated carbocycles. The fourth-order valence-electron chi connectivity index (χ4n) is 1.82. The minimum absolute atomic E-state index is 0.584. The maximum absolute atomic E-state index is 5.16. The first-order valence-corrected chi connectivity index (χ1v) is 7.02. The van der Waals surface area contributed by atoms with E-state index in [-0.39, 0.29) is 0 Å². The summed E-state index contributed by atoms with van der Waals surface area (Å²) >= 11 is 0. The lowest BCUT2D eigenvalue weighted by molar-refractivity contribution is 0.414. The maximum Gasteiger partial charge on any atom is 0.118 e. The van der Waals surface area contributed by atoms with Crippen molar-refractivity contribution in [1.29, 1.82) is 0 Å². The molecule has 2 heteroatoms. The molecule has 0 amide bonds. The summed E-state index contributed by atoms with van der Waals surface area (Å²) in [4.78, 5) is 0. The molecule has 0 aliphatic carbocycles. The van der Waals surface area contributed by atoms with Crippen LogP contribution in [0.5, 0.6) is 5.75 Å². The van der Waals surface area contributed by atoms with E-state index in [4.69, 9.17) is 4.74 Å². The van der Waals surface area contributed by atoms with E-state index in [1.54, 1.807) is 7.11 Å². The van der Waals surface area contributed by atoms with Crippen LogP contribution in [0, 0.1) is 5.92 Å². The zero-order valence-electron chi connectivity index (χ0n) is 12.2. The lowest BCUT2D eigenvalue weighted by Gasteiger charge is -2.16. The summed E-state index contributed by atoms with van der Waals surface area (Å²) in [6, 6.07) is 8.96. The highest BCUT2D eigenvalue weighted by Crippen LogP contribution is 2.13. The van der Waals surface area contributed by atoms with Gasteiger partial charge in [0.25, 0.3) is 0 Å². The first-order valence-electron chi connectivity index (χ1n) is 7.02. The number of methoxy groups -OCH3 is 1. The predicted octanol–water partition coefficient (Wildman–Crippen LogP) is 3.65. The third kappa shape index (κ3) is 5.54. The van der Waals surface area contributed by atoms with Crippen LogP contribution in [0.25, 0.3) is 0 Å². The average molecular weight is 249 g/mol. The summed E-state index contributed by atoms with van der Waals surface area (Å²) in [7, 11) is 1.70. The lowest BCUT2D eigenvalue weighted by atomic mass is 10.0. The van der Waals surface area contributed by atoms with Crippen LogP contribution in [0.3, 0.4) is 0 Å². The van der Waals surface area contributed by atoms with Gasteiger partial charge in [-0.1, -0.05) is 32.4 Å². The van der Waals surface area contributed by atoms with E-state index in [2.05, 4.69) is 38.2 Å². The van der Waals surface area contributed by atoms with E-state index in [1.807, 2.05) is 12.1 Å². The number of nitrogens with one attached hydrogen (secondary N) is 1. The summed E-state index contributed by atoms with van der Waals surface area (Å²) in [6.45, 7) is 7.93. The largest absolute Gasteiger partial charge is 0.497 e. The smallest absolute Gasteiger partial charge is 0.118 e. The number of aryl methyl sites for hydroxylation is 1. The molecule has 0 bridgehead atoms. The van der Waals surface area contributed by atoms with Crippen molar-refractivity contribution in [3.63, 3.8) is 0 Å². The zero-order valence-corrected chi connectivity index (χ0v) is 12.2. The molecule has 0 fully saturated rings. The molecule has 1 aromatic rings. The molecule has 1 aromatic carbocycles. The highest BCUT2D eigenvalue weighted by molar-refractivity contribution is 5.27. The van der Waals surface area contributed by atoms with Crippen molar-refractivity contribution in [3.05, 3.63) is 29.8 Å². The molecule has 2 nitrogen and oxygen atoms in total. The molecule has 0 aliphatic rings. The van der Waals surface area contributed by atoms with Gasteiger partial charge in [-0.05, 0) is 49.9 Å². The molecule has 1 rings (SSSR count). The second-order valence-electron chi connectivity index (χ2n) is 5.21. The fraction of sp³-hybridized carbons (Fsp3) is 0.625. The van der Waals surface area contributed by atoms with Gasteiger partial charge in [-0.3, -0.25) is 0 Å². The molecule has 0 radical (unpaired) electrons. The zero-order chi connectivity index (χ0) is 13.4. The third-order valence-electron chi connectivity index (χ3n) is 3.54. The standard InChI is InChI=1S/C16H27NO/c1-5-13(2)12-17-14(3)6-7-15-8-10-16(18-4)11-9-15/h8-11,13-14,17H,5-7,12H2,1-4H3. The molecular weight excluding hydrogens is 222 g/mol. The number of ether oxygens (including phenoxy) is 1. The molecule has 2 unspecified atom stereocenters. The van der Waals surface area contributed by atoms with Crippen LogP contribution in [0.4, 0.5) is 0 Å². The van der Waals surface area contributed by atoms with Gasteiger partial charge in [-0.2, -0.15) is 0 Å². The number of hydrogen-bond donors (Lipinski definition) is 1. The van der Waals surface area contributed by atoms with E-state index >= 15 is 0 Å². The van der Waals surface area contributed by atoms with E-state index in [0.29, 0.717) is 6.04 Å². The summed E-state index contributed by atoms with van der Waals surface area (Å²) in [5.41, 5.74) is 1.38. The predicted molar refractivity (Wildman–Crippen MR) is 78.2 cm³/mol. The van der Waals surface area contributed by atoms with E-state index in [0.717, 1.165) is 24.6 Å². The van der Waals surface area contributed by atoms with E-state index in [9.17, 15) is 0 Å². The number of benzene rings is 1. The summed E-state index contributed by atoms with van der Waals surface area (Å²) in [6.07, 6.45) is 3.56. The van der Waals surface area contributed by atoms with Crippen molar-refractivity contribution >= 4 is 0 Å². The molecule has 2 atom stereocenters. The van der Waals surface area contributed by atoms with Crippen molar-refractivity contribution in [2.24, 2.45) is 5.92 Å². The minimum atomic E-state index is 0.584. The monoisotopic (exact) mass is 249 g/mol. The van der Waals surface area contributed by atoms with Crippen LogP contribution in [-0.2, 0) is 6.42 Å². The second-order valence-corrected chi connectivity index (χ2v) is 5.21. The van der Waals surface area contributed by atoms with Crippen LogP contribution >= 0.6 is 0 Å². The Morgan fingerprint density at radius 1 is 1.17 bits per heavy atom. The van der Waals surface area contributed by atoms with Crippen molar-refractivity contribution in [2.75, 3.05) is 13.7 Å². The van der Waals surface area contributed by atoms with Crippen LogP contribution in [0.2, 0.25) is 0 Å². The van der Waals surface area contributed by atoms with Crippen molar-refractivity contribution in [1.82, 2.24) is 5.32 Å². The molecule has 0 heterocycles. The SMILES string of the molecule is CCC(C)CNC(C)CCc1ccc(OC)cc1. The quantitative estimate of drug-likeness (QED) is 0.759. The Balaban J connectivity index is 2.26. The van der Waals surface area contributed by atoms with Gasteiger partial charge in [0, 0.05) is 6.04 Å². The number of hydrogen-bond acceptors (Lipinski definition) is 2. The van der Waals surface area contributed by atoms with Crippen molar-refractivity contribution in [3.8, 4) is 5.75 Å². The Bertz CT molecular complexity index is 320. The van der Waals surface area contributed by atoms with Crippen LogP contribution in [0.1, 0.15) is 39.2 Å². The summed E-state index contributed by atoms with van der Waals surface area (Å²) in [5.74, 6) is 1.70. The van der Waals surface area contributed by atoms with Gasteiger partial charge in [-0.25, -0.2) is 0 Å². The average Bonchev–Trinajstić information content (AvgIpc) is 2.42. The number of rotatable bonds is 8. The van der Waals surface area contributed by atoms with Gasteiger partial charge in [-0.15, -0.1) is 0 Å². The third-order valence-corrected chi connectivity index (χ3v) is 3.54. The normalized spacial score (nSPS) is 14.2. The summed E-state index contributed by atoms with van der Waals surface area (Å²) in [5, 5.41) is 3.60. The Kier molecular flexibility index (Phi) is 6.81. The topological polar surface area (TPSA) is 21.3 Å². The molecule has 0 spiro atoms. The maximum atomic E-state index is 5.16. The molecular formula is C16H27NO. The molecule has 102 valence electrons. The second kappa shape index (κ2) is 8.15. The highest BCUT2D eigenvalue weighted by Gasteiger charge is 2.04. The van der Waals surface area contributed by atoms with Crippen LogP contribution < -0.4 is 10.1 Å². The molecule has 0 aromatic heterocycles. The fourth-order valence-corrected chi connectivity index (χ4v) is 1.82. The lowest BCUT2D eigenvalue weighted by Crippen LogP contribution is -2.30.